The molecule has 0 aromatic heterocycles. The van der Waals surface area contributed by atoms with Crippen LogP contribution in [0.1, 0.15) is 35.6 Å². The van der Waals surface area contributed by atoms with E-state index >= 15 is 0 Å². The molecule has 0 spiro atoms. The third kappa shape index (κ3) is 4.87. The van der Waals surface area contributed by atoms with Crippen molar-refractivity contribution >= 4 is 10.0 Å². The number of sulfonamides is 1. The monoisotopic (exact) mass is 500 g/mol. The van der Waals surface area contributed by atoms with Crippen molar-refractivity contribution in [2.75, 3.05) is 13.1 Å². The zero-order valence-electron chi connectivity index (χ0n) is 19.0. The lowest BCUT2D eigenvalue weighted by Gasteiger charge is -2.28. The van der Waals surface area contributed by atoms with Gasteiger partial charge in [-0.1, -0.05) is 66.7 Å². The number of alkyl halides is 3. The van der Waals surface area contributed by atoms with Crippen molar-refractivity contribution in [1.29, 1.82) is 0 Å². The Labute approximate surface area is 203 Å². The van der Waals surface area contributed by atoms with Crippen LogP contribution in [0.2, 0.25) is 0 Å². The van der Waals surface area contributed by atoms with Gasteiger partial charge in [-0.2, -0.15) is 17.5 Å². The molecule has 0 unspecified atom stereocenters. The Morgan fingerprint density at radius 3 is 2.06 bits per heavy atom. The minimum absolute atomic E-state index is 0.0322. The third-order valence-electron chi connectivity index (χ3n) is 7.27. The van der Waals surface area contributed by atoms with Crippen LogP contribution in [0.5, 0.6) is 0 Å². The van der Waals surface area contributed by atoms with Gasteiger partial charge in [0.15, 0.2) is 0 Å². The molecule has 3 aromatic carbocycles. The predicted octanol–water partition coefficient (Wildman–Crippen LogP) is 5.48. The largest absolute Gasteiger partial charge is 0.416 e. The minimum Gasteiger partial charge on any atom is -0.303 e. The zero-order valence-corrected chi connectivity index (χ0v) is 19.8. The molecular formula is C27H27F3N2O2S. The molecule has 0 radical (unpaired) electrons. The summed E-state index contributed by atoms with van der Waals surface area (Å²) in [7, 11) is -4.01. The summed E-state index contributed by atoms with van der Waals surface area (Å²) in [6.45, 7) is 0.639. The van der Waals surface area contributed by atoms with Gasteiger partial charge in [0.2, 0.25) is 10.0 Å². The summed E-state index contributed by atoms with van der Waals surface area (Å²) >= 11 is 0. The number of benzene rings is 3. The predicted molar refractivity (Wildman–Crippen MR) is 128 cm³/mol. The van der Waals surface area contributed by atoms with E-state index in [0.29, 0.717) is 13.1 Å². The minimum atomic E-state index is -4.59. The Morgan fingerprint density at radius 1 is 0.829 bits per heavy atom. The molecule has 4 nitrogen and oxygen atoms in total. The maximum Gasteiger partial charge on any atom is 0.416 e. The molecule has 2 aliphatic rings. The molecule has 184 valence electrons. The van der Waals surface area contributed by atoms with E-state index in [1.807, 2.05) is 36.4 Å². The summed E-state index contributed by atoms with van der Waals surface area (Å²) in [5.74, 6) is 0.283. The molecule has 1 aliphatic carbocycles. The van der Waals surface area contributed by atoms with Crippen LogP contribution in [0, 0.1) is 11.8 Å². The van der Waals surface area contributed by atoms with Gasteiger partial charge in [0, 0.05) is 19.1 Å². The van der Waals surface area contributed by atoms with Gasteiger partial charge in [-0.3, -0.25) is 0 Å². The maximum absolute atomic E-state index is 13.3. The molecule has 3 atom stereocenters. The molecule has 5 rings (SSSR count). The Balaban J connectivity index is 1.36. The number of hydrogen-bond donors (Lipinski definition) is 1. The number of nitrogens with zero attached hydrogens (tertiary/aromatic N) is 1. The van der Waals surface area contributed by atoms with E-state index in [4.69, 9.17) is 0 Å². The molecule has 2 fully saturated rings. The van der Waals surface area contributed by atoms with E-state index in [2.05, 4.69) is 29.6 Å². The summed E-state index contributed by atoms with van der Waals surface area (Å²) in [4.78, 5) is -0.303. The van der Waals surface area contributed by atoms with Crippen molar-refractivity contribution in [3.63, 3.8) is 0 Å². The van der Waals surface area contributed by atoms with Gasteiger partial charge < -0.3 is 5.32 Å². The van der Waals surface area contributed by atoms with E-state index in [1.165, 1.54) is 10.4 Å². The van der Waals surface area contributed by atoms with Gasteiger partial charge >= 0.3 is 6.18 Å². The fraction of sp³-hybridized carbons (Fsp3) is 0.333. The summed E-state index contributed by atoms with van der Waals surface area (Å²) < 4.78 is 67.3. The van der Waals surface area contributed by atoms with Crippen molar-refractivity contribution in [2.45, 2.75) is 36.0 Å². The first-order valence-corrected chi connectivity index (χ1v) is 13.2. The van der Waals surface area contributed by atoms with E-state index < -0.39 is 21.8 Å². The first-order valence-electron chi connectivity index (χ1n) is 11.8. The molecule has 0 amide bonds. The fourth-order valence-electron chi connectivity index (χ4n) is 5.50. The first kappa shape index (κ1) is 24.0. The van der Waals surface area contributed by atoms with Gasteiger partial charge in [-0.15, -0.1) is 0 Å². The summed E-state index contributed by atoms with van der Waals surface area (Å²) in [6, 6.07) is 24.4. The van der Waals surface area contributed by atoms with Crippen LogP contribution in [0.15, 0.2) is 89.8 Å². The molecule has 1 saturated heterocycles. The van der Waals surface area contributed by atoms with Crippen LogP contribution in [-0.4, -0.2) is 31.9 Å². The molecular weight excluding hydrogens is 473 g/mol. The van der Waals surface area contributed by atoms with E-state index in [9.17, 15) is 21.6 Å². The average Bonchev–Trinajstić information content (AvgIpc) is 3.45. The Morgan fingerprint density at radius 2 is 1.46 bits per heavy atom. The van der Waals surface area contributed by atoms with Crippen molar-refractivity contribution in [3.8, 4) is 0 Å². The number of rotatable bonds is 6. The highest BCUT2D eigenvalue weighted by atomic mass is 32.2. The van der Waals surface area contributed by atoms with Gasteiger partial charge in [0.1, 0.15) is 0 Å². The fourth-order valence-corrected chi connectivity index (χ4v) is 7.08. The molecule has 0 bridgehead atoms. The second-order valence-corrected chi connectivity index (χ2v) is 11.3. The van der Waals surface area contributed by atoms with Gasteiger partial charge in [-0.25, -0.2) is 8.42 Å². The highest BCUT2D eigenvalue weighted by Gasteiger charge is 2.47. The number of fused-ring (bicyclic) bond motifs is 1. The lowest BCUT2D eigenvalue weighted by Crippen LogP contribution is -2.39. The van der Waals surface area contributed by atoms with Gasteiger partial charge in [0.25, 0.3) is 0 Å². The highest BCUT2D eigenvalue weighted by molar-refractivity contribution is 7.89. The molecule has 1 N–H and O–H groups in total. The number of halogens is 3. The Kier molecular flexibility index (Phi) is 6.46. The van der Waals surface area contributed by atoms with Gasteiger partial charge in [0.05, 0.1) is 16.5 Å². The smallest absolute Gasteiger partial charge is 0.303 e. The third-order valence-corrected chi connectivity index (χ3v) is 9.10. The summed E-state index contributed by atoms with van der Waals surface area (Å²) in [6.07, 6.45) is -2.78. The molecule has 1 saturated carbocycles. The zero-order chi connectivity index (χ0) is 24.6. The Bertz CT molecular complexity index is 1230. The molecule has 1 aliphatic heterocycles. The highest BCUT2D eigenvalue weighted by Crippen LogP contribution is 2.42. The molecule has 8 heteroatoms. The average molecular weight is 501 g/mol. The van der Waals surface area contributed by atoms with E-state index in [-0.39, 0.29) is 28.8 Å². The van der Waals surface area contributed by atoms with Crippen LogP contribution in [0.4, 0.5) is 13.2 Å². The molecule has 35 heavy (non-hydrogen) atoms. The lowest BCUT2D eigenvalue weighted by atomic mass is 9.94. The topological polar surface area (TPSA) is 49.4 Å². The van der Waals surface area contributed by atoms with E-state index in [1.54, 1.807) is 0 Å². The number of nitrogens with one attached hydrogen (secondary N) is 1. The van der Waals surface area contributed by atoms with Crippen molar-refractivity contribution in [2.24, 2.45) is 11.8 Å². The first-order chi connectivity index (χ1) is 16.7. The van der Waals surface area contributed by atoms with Crippen molar-refractivity contribution in [3.05, 3.63) is 102 Å². The lowest BCUT2D eigenvalue weighted by molar-refractivity contribution is -0.137. The maximum atomic E-state index is 13.3. The standard InChI is InChI=1S/C27H27F3N2O2S/c28-27(29,30)22-12-7-13-23(16-22)35(33,34)32-17-21-14-15-25(24(21)18-32)31-26(19-8-3-1-4-9-19)20-10-5-2-6-11-20/h1-13,16,21,24-26,31H,14-15,17-18H2/t21-,24-,25+/m0/s1. The molecule has 3 aromatic rings. The van der Waals surface area contributed by atoms with Crippen LogP contribution < -0.4 is 5.32 Å². The quantitative estimate of drug-likeness (QED) is 0.487. The SMILES string of the molecule is O=S(=O)(c1cccc(C(F)(F)F)c1)N1C[C@@H]2CC[C@@H](NC(c3ccccc3)c3ccccc3)[C@H]2C1. The van der Waals surface area contributed by atoms with Crippen LogP contribution in [0.3, 0.4) is 0 Å². The van der Waals surface area contributed by atoms with Crippen molar-refractivity contribution in [1.82, 2.24) is 9.62 Å². The Hall–Kier alpha value is -2.68. The second-order valence-electron chi connectivity index (χ2n) is 9.38. The van der Waals surface area contributed by atoms with E-state index in [0.717, 1.165) is 42.2 Å². The normalized spacial score (nSPS) is 23.0. The summed E-state index contributed by atoms with van der Waals surface area (Å²) in [5.41, 5.74) is 1.31. The van der Waals surface area contributed by atoms with Crippen LogP contribution >= 0.6 is 0 Å². The second kappa shape index (κ2) is 9.41. The number of hydrogen-bond acceptors (Lipinski definition) is 3. The van der Waals surface area contributed by atoms with Crippen LogP contribution in [-0.2, 0) is 16.2 Å². The summed E-state index contributed by atoms with van der Waals surface area (Å²) in [5, 5.41) is 3.79. The molecule has 1 heterocycles. The van der Waals surface area contributed by atoms with Crippen LogP contribution in [0.25, 0.3) is 0 Å². The van der Waals surface area contributed by atoms with Crippen molar-refractivity contribution < 1.29 is 21.6 Å². The van der Waals surface area contributed by atoms with Gasteiger partial charge in [-0.05, 0) is 54.0 Å².